The molecular weight excluding hydrogens is 403 g/mol. The van der Waals surface area contributed by atoms with Gasteiger partial charge in [0.2, 0.25) is 0 Å². The van der Waals surface area contributed by atoms with E-state index in [2.05, 4.69) is 22.6 Å². The summed E-state index contributed by atoms with van der Waals surface area (Å²) in [4.78, 5) is 0. The molecule has 0 spiro atoms. The van der Waals surface area contributed by atoms with Gasteiger partial charge in [-0.25, -0.2) is 0 Å². The van der Waals surface area contributed by atoms with E-state index in [1.807, 2.05) is 36.4 Å². The lowest BCUT2D eigenvalue weighted by Crippen LogP contribution is -2.01. The zero-order valence-corrected chi connectivity index (χ0v) is 14.8. The summed E-state index contributed by atoms with van der Waals surface area (Å²) < 4.78 is 17.2. The number of alkyl halides is 1. The third-order valence-electron chi connectivity index (χ3n) is 3.06. The Bertz CT molecular complexity index is 599. The molecule has 0 aliphatic carbocycles. The van der Waals surface area contributed by atoms with E-state index >= 15 is 0 Å². The highest BCUT2D eigenvalue weighted by molar-refractivity contribution is 14.1. The van der Waals surface area contributed by atoms with Crippen LogP contribution in [0.15, 0.2) is 36.4 Å². The summed E-state index contributed by atoms with van der Waals surface area (Å²) in [6, 6.07) is 11.4. The zero-order chi connectivity index (χ0) is 15.2. The summed E-state index contributed by atoms with van der Waals surface area (Å²) in [5.74, 6) is 2.22. The summed E-state index contributed by atoms with van der Waals surface area (Å²) >= 11 is 8.49. The fourth-order valence-electron chi connectivity index (χ4n) is 1.90. The van der Waals surface area contributed by atoms with Gasteiger partial charge >= 0.3 is 0 Å². The fraction of sp³-hybridized carbons (Fsp3) is 0.250. The molecule has 2 aromatic rings. The number of ether oxygens (including phenoxy) is 3. The second-order valence-corrected chi connectivity index (χ2v) is 5.50. The van der Waals surface area contributed by atoms with Crippen molar-refractivity contribution in [1.29, 1.82) is 0 Å². The third-order valence-corrected chi connectivity index (χ3v) is 4.18. The van der Waals surface area contributed by atoms with Crippen LogP contribution >= 0.6 is 34.2 Å². The molecule has 0 N–H and O–H groups in total. The second-order valence-electron chi connectivity index (χ2n) is 4.33. The van der Waals surface area contributed by atoms with E-state index in [-0.39, 0.29) is 0 Å². The summed E-state index contributed by atoms with van der Waals surface area (Å²) in [6.45, 7) is 0.449. The number of methoxy groups -OCH3 is 2. The monoisotopic (exact) mass is 418 g/mol. The van der Waals surface area contributed by atoms with E-state index in [9.17, 15) is 0 Å². The fourth-order valence-corrected chi connectivity index (χ4v) is 3.10. The van der Waals surface area contributed by atoms with Crippen molar-refractivity contribution in [2.24, 2.45) is 0 Å². The van der Waals surface area contributed by atoms with Crippen molar-refractivity contribution in [1.82, 2.24) is 0 Å². The SMILES string of the molecule is COc1ccc(COc2c(OC)ccc(Cl)c2CI)cc1. The molecule has 2 aromatic carbocycles. The lowest BCUT2D eigenvalue weighted by Gasteiger charge is -2.15. The van der Waals surface area contributed by atoms with Crippen molar-refractivity contribution in [3.05, 3.63) is 52.5 Å². The van der Waals surface area contributed by atoms with Gasteiger partial charge in [0.1, 0.15) is 12.4 Å². The first-order chi connectivity index (χ1) is 10.2. The van der Waals surface area contributed by atoms with Crippen LogP contribution in [-0.2, 0) is 11.0 Å². The quantitative estimate of drug-likeness (QED) is 0.495. The van der Waals surface area contributed by atoms with Gasteiger partial charge in [-0.15, -0.1) is 0 Å². The first-order valence-electron chi connectivity index (χ1n) is 6.36. The minimum atomic E-state index is 0.449. The molecule has 0 unspecified atom stereocenters. The van der Waals surface area contributed by atoms with Crippen LogP contribution in [0.4, 0.5) is 0 Å². The first-order valence-corrected chi connectivity index (χ1v) is 8.27. The van der Waals surface area contributed by atoms with Gasteiger partial charge in [0.25, 0.3) is 0 Å². The Hall–Kier alpha value is -1.14. The van der Waals surface area contributed by atoms with Crippen molar-refractivity contribution >= 4 is 34.2 Å². The van der Waals surface area contributed by atoms with Crippen molar-refractivity contribution in [2.75, 3.05) is 14.2 Å². The minimum absolute atomic E-state index is 0.449. The Morgan fingerprint density at radius 2 is 1.71 bits per heavy atom. The Balaban J connectivity index is 2.20. The highest BCUT2D eigenvalue weighted by atomic mass is 127. The summed E-state index contributed by atoms with van der Waals surface area (Å²) in [5.41, 5.74) is 2.00. The van der Waals surface area contributed by atoms with Crippen LogP contribution in [0.25, 0.3) is 0 Å². The van der Waals surface area contributed by atoms with Crippen LogP contribution < -0.4 is 14.2 Å². The molecule has 0 radical (unpaired) electrons. The van der Waals surface area contributed by atoms with Crippen LogP contribution in [0.1, 0.15) is 11.1 Å². The molecule has 0 saturated heterocycles. The van der Waals surface area contributed by atoms with Crippen molar-refractivity contribution < 1.29 is 14.2 Å². The van der Waals surface area contributed by atoms with Crippen molar-refractivity contribution in [3.8, 4) is 17.2 Å². The largest absolute Gasteiger partial charge is 0.497 e. The van der Waals surface area contributed by atoms with Gasteiger partial charge in [-0.3, -0.25) is 0 Å². The molecule has 0 aliphatic rings. The summed E-state index contributed by atoms with van der Waals surface area (Å²) in [6.07, 6.45) is 0. The van der Waals surface area contributed by atoms with Gasteiger partial charge < -0.3 is 14.2 Å². The molecule has 0 saturated carbocycles. The first kappa shape index (κ1) is 16.2. The molecule has 2 rings (SSSR count). The van der Waals surface area contributed by atoms with E-state index in [4.69, 9.17) is 25.8 Å². The van der Waals surface area contributed by atoms with E-state index in [1.54, 1.807) is 14.2 Å². The van der Waals surface area contributed by atoms with Gasteiger partial charge in [0.15, 0.2) is 11.5 Å². The van der Waals surface area contributed by atoms with E-state index in [0.29, 0.717) is 23.1 Å². The van der Waals surface area contributed by atoms with Gasteiger partial charge in [-0.1, -0.05) is 46.3 Å². The van der Waals surface area contributed by atoms with Crippen LogP contribution in [0.5, 0.6) is 17.2 Å². The normalized spacial score (nSPS) is 10.3. The summed E-state index contributed by atoms with van der Waals surface area (Å²) in [7, 11) is 3.27. The van der Waals surface area contributed by atoms with Gasteiger partial charge in [0.05, 0.1) is 14.2 Å². The minimum Gasteiger partial charge on any atom is -0.497 e. The number of benzene rings is 2. The Morgan fingerprint density at radius 3 is 2.29 bits per heavy atom. The summed E-state index contributed by atoms with van der Waals surface area (Å²) in [5, 5.41) is 0.690. The van der Waals surface area contributed by atoms with E-state index < -0.39 is 0 Å². The Labute approximate surface area is 143 Å². The molecular formula is C16H16ClIO3. The van der Waals surface area contributed by atoms with E-state index in [0.717, 1.165) is 21.3 Å². The maximum atomic E-state index is 6.22. The Kier molecular flexibility index (Phi) is 5.99. The van der Waals surface area contributed by atoms with Gasteiger partial charge in [0, 0.05) is 15.0 Å². The zero-order valence-electron chi connectivity index (χ0n) is 11.9. The smallest absolute Gasteiger partial charge is 0.167 e. The molecule has 0 fully saturated rings. The average Bonchev–Trinajstić information content (AvgIpc) is 2.53. The molecule has 21 heavy (non-hydrogen) atoms. The molecule has 0 amide bonds. The maximum absolute atomic E-state index is 6.22. The maximum Gasteiger partial charge on any atom is 0.167 e. The lowest BCUT2D eigenvalue weighted by atomic mass is 10.2. The third kappa shape index (κ3) is 3.95. The molecule has 0 aromatic heterocycles. The van der Waals surface area contributed by atoms with Crippen LogP contribution in [0.3, 0.4) is 0 Å². The number of halogens is 2. The van der Waals surface area contributed by atoms with Crippen LogP contribution in [-0.4, -0.2) is 14.2 Å². The molecule has 0 bridgehead atoms. The molecule has 0 heterocycles. The predicted octanol–water partition coefficient (Wildman–Crippen LogP) is 4.87. The second kappa shape index (κ2) is 7.75. The number of hydrogen-bond donors (Lipinski definition) is 0. The highest BCUT2D eigenvalue weighted by Crippen LogP contribution is 2.38. The molecule has 0 atom stereocenters. The molecule has 112 valence electrons. The van der Waals surface area contributed by atoms with Crippen molar-refractivity contribution in [3.63, 3.8) is 0 Å². The topological polar surface area (TPSA) is 27.7 Å². The highest BCUT2D eigenvalue weighted by Gasteiger charge is 2.14. The van der Waals surface area contributed by atoms with Gasteiger partial charge in [-0.05, 0) is 29.8 Å². The van der Waals surface area contributed by atoms with Crippen LogP contribution in [0.2, 0.25) is 5.02 Å². The van der Waals surface area contributed by atoms with E-state index in [1.165, 1.54) is 0 Å². The molecule has 3 nitrogen and oxygen atoms in total. The average molecular weight is 419 g/mol. The van der Waals surface area contributed by atoms with Crippen molar-refractivity contribution in [2.45, 2.75) is 11.0 Å². The van der Waals surface area contributed by atoms with Crippen LogP contribution in [0, 0.1) is 0 Å². The Morgan fingerprint density at radius 1 is 1.00 bits per heavy atom. The standard InChI is InChI=1S/C16H16ClIO3/c1-19-12-5-3-11(4-6-12)10-21-16-13(9-18)14(17)7-8-15(16)20-2/h3-8H,9-10H2,1-2H3. The number of hydrogen-bond acceptors (Lipinski definition) is 3. The number of rotatable bonds is 6. The molecule has 5 heteroatoms. The predicted molar refractivity (Wildman–Crippen MR) is 93.1 cm³/mol. The molecule has 0 aliphatic heterocycles. The van der Waals surface area contributed by atoms with Gasteiger partial charge in [-0.2, -0.15) is 0 Å². The lowest BCUT2D eigenvalue weighted by molar-refractivity contribution is 0.282.